The fraction of sp³-hybridized carbons (Fsp3) is 0.429. The van der Waals surface area contributed by atoms with E-state index >= 15 is 0 Å². The molecule has 1 fully saturated rings. The van der Waals surface area contributed by atoms with E-state index in [1.165, 1.54) is 43.2 Å². The van der Waals surface area contributed by atoms with E-state index in [4.69, 9.17) is 9.39 Å². The van der Waals surface area contributed by atoms with Gasteiger partial charge in [-0.05, 0) is 66.2 Å². The van der Waals surface area contributed by atoms with Crippen LogP contribution in [0.1, 0.15) is 43.2 Å². The van der Waals surface area contributed by atoms with Crippen molar-refractivity contribution in [3.05, 3.63) is 53.6 Å². The summed E-state index contributed by atoms with van der Waals surface area (Å²) >= 11 is 0. The first-order valence-corrected chi connectivity index (χ1v) is 9.42. The van der Waals surface area contributed by atoms with Gasteiger partial charge >= 0.3 is 7.48 Å². The molecule has 0 spiro atoms. The van der Waals surface area contributed by atoms with E-state index in [1.54, 1.807) is 7.48 Å². The highest BCUT2D eigenvalue weighted by atomic mass is 16.5. The molecule has 1 aliphatic heterocycles. The molecule has 2 aromatic rings. The van der Waals surface area contributed by atoms with E-state index < -0.39 is 0 Å². The first-order chi connectivity index (χ1) is 12.4. The maximum Gasteiger partial charge on any atom is 0.330 e. The standard InChI is InChI=1S/C21H25BNO2/c1-2-4-16(5-3-1)13-23-14-17-6-8-19(9-7-17)25-20-10-11-21-18(12-20)15-24-22-21/h6-12,16,23H,1-5,13-15H2. The van der Waals surface area contributed by atoms with Gasteiger partial charge in [0.2, 0.25) is 0 Å². The SMILES string of the molecule is [B]1OCc2cc(Oc3ccc(CNCC4CCCCC4)cc3)ccc21. The normalized spacial score (nSPS) is 17.1. The number of hydrogen-bond donors (Lipinski definition) is 1. The second-order valence-electron chi connectivity index (χ2n) is 7.17. The molecular formula is C21H25BNO2. The van der Waals surface area contributed by atoms with Gasteiger partial charge in [0.25, 0.3) is 0 Å². The molecule has 2 aromatic carbocycles. The predicted molar refractivity (Wildman–Crippen MR) is 101 cm³/mol. The van der Waals surface area contributed by atoms with Crippen molar-refractivity contribution in [1.82, 2.24) is 5.32 Å². The van der Waals surface area contributed by atoms with Gasteiger partial charge in [-0.25, -0.2) is 0 Å². The number of rotatable bonds is 6. The fourth-order valence-electron chi connectivity index (χ4n) is 3.73. The Morgan fingerprint density at radius 2 is 1.80 bits per heavy atom. The van der Waals surface area contributed by atoms with Gasteiger partial charge in [0.15, 0.2) is 0 Å². The minimum absolute atomic E-state index is 0.637. The molecule has 0 bridgehead atoms. The monoisotopic (exact) mass is 334 g/mol. The summed E-state index contributed by atoms with van der Waals surface area (Å²) in [5.41, 5.74) is 3.63. The van der Waals surface area contributed by atoms with Crippen LogP contribution in [0.3, 0.4) is 0 Å². The van der Waals surface area contributed by atoms with Crippen molar-refractivity contribution in [3.8, 4) is 11.5 Å². The Hall–Kier alpha value is -1.78. The predicted octanol–water partition coefficient (Wildman–Crippen LogP) is 3.92. The van der Waals surface area contributed by atoms with E-state index in [1.807, 2.05) is 24.3 Å². The topological polar surface area (TPSA) is 30.5 Å². The highest BCUT2D eigenvalue weighted by Crippen LogP contribution is 2.24. The van der Waals surface area contributed by atoms with E-state index in [9.17, 15) is 0 Å². The van der Waals surface area contributed by atoms with Gasteiger partial charge in [-0.15, -0.1) is 0 Å². The lowest BCUT2D eigenvalue weighted by atomic mass is 9.87. The Bertz CT molecular complexity index is 696. The summed E-state index contributed by atoms with van der Waals surface area (Å²) in [5.74, 6) is 2.61. The average molecular weight is 334 g/mol. The Kier molecular flexibility index (Phi) is 5.38. The zero-order chi connectivity index (χ0) is 16.9. The molecule has 3 nitrogen and oxygen atoms in total. The maximum atomic E-state index is 5.97. The Balaban J connectivity index is 1.28. The minimum Gasteiger partial charge on any atom is -0.457 e. The number of nitrogens with one attached hydrogen (secondary N) is 1. The van der Waals surface area contributed by atoms with E-state index in [2.05, 4.69) is 23.5 Å². The molecule has 1 aliphatic carbocycles. The third kappa shape index (κ3) is 4.44. The Morgan fingerprint density at radius 3 is 2.64 bits per heavy atom. The highest BCUT2D eigenvalue weighted by Gasteiger charge is 2.14. The molecule has 0 saturated heterocycles. The molecule has 0 aromatic heterocycles. The van der Waals surface area contributed by atoms with E-state index in [-0.39, 0.29) is 0 Å². The number of ether oxygens (including phenoxy) is 1. The lowest BCUT2D eigenvalue weighted by Gasteiger charge is -2.21. The molecule has 1 saturated carbocycles. The molecule has 0 amide bonds. The Labute approximate surface area is 151 Å². The zero-order valence-corrected chi connectivity index (χ0v) is 14.7. The van der Waals surface area contributed by atoms with Gasteiger partial charge in [-0.1, -0.05) is 37.5 Å². The van der Waals surface area contributed by atoms with Crippen molar-refractivity contribution in [2.24, 2.45) is 5.92 Å². The van der Waals surface area contributed by atoms with Gasteiger partial charge in [-0.3, -0.25) is 0 Å². The second-order valence-corrected chi connectivity index (χ2v) is 7.17. The van der Waals surface area contributed by atoms with Crippen LogP contribution in [0.5, 0.6) is 11.5 Å². The molecule has 0 unspecified atom stereocenters. The van der Waals surface area contributed by atoms with Crippen LogP contribution >= 0.6 is 0 Å². The second kappa shape index (κ2) is 8.07. The molecule has 1 radical (unpaired) electrons. The van der Waals surface area contributed by atoms with Gasteiger partial charge in [0.05, 0.1) is 6.61 Å². The average Bonchev–Trinajstić information content (AvgIpc) is 3.12. The number of benzene rings is 2. The summed E-state index contributed by atoms with van der Waals surface area (Å²) in [7, 11) is 1.80. The van der Waals surface area contributed by atoms with Crippen LogP contribution in [-0.2, 0) is 17.8 Å². The zero-order valence-electron chi connectivity index (χ0n) is 14.7. The number of hydrogen-bond acceptors (Lipinski definition) is 3. The molecule has 25 heavy (non-hydrogen) atoms. The van der Waals surface area contributed by atoms with Gasteiger partial charge in [0, 0.05) is 6.54 Å². The van der Waals surface area contributed by atoms with Crippen molar-refractivity contribution < 1.29 is 9.39 Å². The van der Waals surface area contributed by atoms with Crippen LogP contribution in [0.15, 0.2) is 42.5 Å². The first kappa shape index (κ1) is 16.7. The number of fused-ring (bicyclic) bond motifs is 1. The quantitative estimate of drug-likeness (QED) is 0.812. The van der Waals surface area contributed by atoms with Crippen LogP contribution in [-0.4, -0.2) is 14.0 Å². The summed E-state index contributed by atoms with van der Waals surface area (Å²) in [6.07, 6.45) is 7.02. The van der Waals surface area contributed by atoms with Crippen molar-refractivity contribution in [2.45, 2.75) is 45.3 Å². The largest absolute Gasteiger partial charge is 0.457 e. The summed E-state index contributed by atoms with van der Waals surface area (Å²) < 4.78 is 11.3. The lowest BCUT2D eigenvalue weighted by Crippen LogP contribution is -2.24. The summed E-state index contributed by atoms with van der Waals surface area (Å²) in [5, 5.41) is 3.61. The lowest BCUT2D eigenvalue weighted by molar-refractivity contribution is 0.342. The molecule has 4 heteroatoms. The molecule has 1 heterocycles. The van der Waals surface area contributed by atoms with E-state index in [0.29, 0.717) is 6.61 Å². The van der Waals surface area contributed by atoms with Crippen LogP contribution in [0.25, 0.3) is 0 Å². The van der Waals surface area contributed by atoms with Gasteiger partial charge in [0.1, 0.15) is 11.5 Å². The van der Waals surface area contributed by atoms with Crippen molar-refractivity contribution in [2.75, 3.05) is 6.54 Å². The fourth-order valence-corrected chi connectivity index (χ4v) is 3.73. The first-order valence-electron chi connectivity index (χ1n) is 9.42. The third-order valence-electron chi connectivity index (χ3n) is 5.21. The molecular weight excluding hydrogens is 309 g/mol. The van der Waals surface area contributed by atoms with Gasteiger partial charge < -0.3 is 14.7 Å². The minimum atomic E-state index is 0.637. The maximum absolute atomic E-state index is 5.97. The molecule has 2 aliphatic rings. The van der Waals surface area contributed by atoms with Crippen LogP contribution in [0.2, 0.25) is 0 Å². The summed E-state index contributed by atoms with van der Waals surface area (Å²) in [6.45, 7) is 2.72. The third-order valence-corrected chi connectivity index (χ3v) is 5.21. The van der Waals surface area contributed by atoms with Gasteiger partial charge in [-0.2, -0.15) is 0 Å². The smallest absolute Gasteiger partial charge is 0.330 e. The van der Waals surface area contributed by atoms with E-state index in [0.717, 1.165) is 36.0 Å². The highest BCUT2D eigenvalue weighted by molar-refractivity contribution is 6.48. The van der Waals surface area contributed by atoms with Crippen LogP contribution in [0.4, 0.5) is 0 Å². The molecule has 4 rings (SSSR count). The summed E-state index contributed by atoms with van der Waals surface area (Å²) in [6, 6.07) is 14.5. The van der Waals surface area contributed by atoms with Crippen LogP contribution < -0.4 is 15.5 Å². The van der Waals surface area contributed by atoms with Crippen molar-refractivity contribution >= 4 is 12.9 Å². The van der Waals surface area contributed by atoms with Crippen molar-refractivity contribution in [1.29, 1.82) is 0 Å². The summed E-state index contributed by atoms with van der Waals surface area (Å²) in [4.78, 5) is 0. The molecule has 0 atom stereocenters. The Morgan fingerprint density at radius 1 is 1.00 bits per heavy atom. The molecule has 1 N–H and O–H groups in total. The van der Waals surface area contributed by atoms with Crippen molar-refractivity contribution in [3.63, 3.8) is 0 Å². The van der Waals surface area contributed by atoms with Crippen LogP contribution in [0, 0.1) is 5.92 Å². The molecule has 129 valence electrons.